The highest BCUT2D eigenvalue weighted by Crippen LogP contribution is 2.28. The van der Waals surface area contributed by atoms with E-state index < -0.39 is 5.60 Å². The van der Waals surface area contributed by atoms with Gasteiger partial charge in [-0.15, -0.1) is 0 Å². The summed E-state index contributed by atoms with van der Waals surface area (Å²) in [5, 5.41) is 12.4. The molecule has 1 saturated carbocycles. The lowest BCUT2D eigenvalue weighted by Gasteiger charge is -2.31. The predicted octanol–water partition coefficient (Wildman–Crippen LogP) is 1.05. The van der Waals surface area contributed by atoms with Crippen LogP contribution in [0.2, 0.25) is 0 Å². The molecule has 1 aliphatic heterocycles. The van der Waals surface area contributed by atoms with Gasteiger partial charge in [0.1, 0.15) is 0 Å². The summed E-state index contributed by atoms with van der Waals surface area (Å²) in [7, 11) is 0. The third-order valence-corrected chi connectivity index (χ3v) is 4.24. The molecule has 0 radical (unpaired) electrons. The summed E-state index contributed by atoms with van der Waals surface area (Å²) in [4.78, 5) is 26.1. The Morgan fingerprint density at radius 2 is 2.00 bits per heavy atom. The summed E-state index contributed by atoms with van der Waals surface area (Å²) < 4.78 is 0. The maximum Gasteiger partial charge on any atom is 0.225 e. The van der Waals surface area contributed by atoms with Crippen LogP contribution >= 0.6 is 0 Å². The molecule has 2 N–H and O–H groups in total. The van der Waals surface area contributed by atoms with E-state index in [0.29, 0.717) is 19.0 Å². The third kappa shape index (κ3) is 3.95. The Balaban J connectivity index is 1.86. The minimum absolute atomic E-state index is 0.111. The second-order valence-electron chi connectivity index (χ2n) is 6.77. The highest BCUT2D eigenvalue weighted by Gasteiger charge is 2.38. The molecule has 0 spiro atoms. The molecule has 5 heteroatoms. The fourth-order valence-electron chi connectivity index (χ4n) is 3.10. The van der Waals surface area contributed by atoms with E-state index in [0.717, 1.165) is 12.8 Å². The molecule has 2 aliphatic rings. The van der Waals surface area contributed by atoms with Crippen molar-refractivity contribution in [3.8, 4) is 0 Å². The number of nitrogens with one attached hydrogen (secondary N) is 1. The number of nitrogens with zero attached hydrogens (tertiary/aromatic N) is 1. The van der Waals surface area contributed by atoms with Crippen LogP contribution < -0.4 is 5.32 Å². The van der Waals surface area contributed by atoms with Gasteiger partial charge in [0.2, 0.25) is 11.8 Å². The van der Waals surface area contributed by atoms with Crippen molar-refractivity contribution in [3.05, 3.63) is 0 Å². The summed E-state index contributed by atoms with van der Waals surface area (Å²) in [5.74, 6) is -0.258. The van der Waals surface area contributed by atoms with Gasteiger partial charge < -0.3 is 15.3 Å². The SMILES string of the molecule is CC(C)(O)CNC(=O)C1CC(=O)N(C2CCCCC2)C1. The van der Waals surface area contributed by atoms with Gasteiger partial charge in [-0.05, 0) is 26.7 Å². The van der Waals surface area contributed by atoms with E-state index in [1.165, 1.54) is 19.3 Å². The Hall–Kier alpha value is -1.10. The van der Waals surface area contributed by atoms with Gasteiger partial charge in [0.25, 0.3) is 0 Å². The molecular formula is C15H26N2O3. The lowest BCUT2D eigenvalue weighted by molar-refractivity contribution is -0.130. The van der Waals surface area contributed by atoms with Crippen LogP contribution in [0.4, 0.5) is 0 Å². The Kier molecular flexibility index (Phi) is 4.68. The zero-order valence-electron chi connectivity index (χ0n) is 12.5. The van der Waals surface area contributed by atoms with Crippen LogP contribution in [-0.4, -0.2) is 46.6 Å². The number of hydrogen-bond donors (Lipinski definition) is 2. The molecule has 114 valence electrons. The molecule has 0 aromatic rings. The first-order valence-corrected chi connectivity index (χ1v) is 7.66. The second kappa shape index (κ2) is 6.12. The molecule has 2 rings (SSSR count). The second-order valence-corrected chi connectivity index (χ2v) is 6.77. The van der Waals surface area contributed by atoms with E-state index >= 15 is 0 Å². The molecule has 0 aromatic carbocycles. The first-order chi connectivity index (χ1) is 9.37. The Morgan fingerprint density at radius 1 is 1.35 bits per heavy atom. The Morgan fingerprint density at radius 3 is 2.60 bits per heavy atom. The number of carbonyl (C=O) groups excluding carboxylic acids is 2. The highest BCUT2D eigenvalue weighted by atomic mass is 16.3. The zero-order valence-corrected chi connectivity index (χ0v) is 12.5. The Labute approximate surface area is 120 Å². The van der Waals surface area contributed by atoms with Crippen molar-refractivity contribution in [1.82, 2.24) is 10.2 Å². The summed E-state index contributed by atoms with van der Waals surface area (Å²) in [5.41, 5.74) is -0.915. The van der Waals surface area contributed by atoms with Crippen molar-refractivity contribution >= 4 is 11.8 Å². The largest absolute Gasteiger partial charge is 0.389 e. The van der Waals surface area contributed by atoms with Crippen LogP contribution in [0.1, 0.15) is 52.4 Å². The normalized spacial score (nSPS) is 25.1. The molecular weight excluding hydrogens is 256 g/mol. The molecule has 20 heavy (non-hydrogen) atoms. The van der Waals surface area contributed by atoms with E-state index in [1.807, 2.05) is 4.90 Å². The molecule has 1 atom stereocenters. The average molecular weight is 282 g/mol. The van der Waals surface area contributed by atoms with Crippen LogP contribution in [0.3, 0.4) is 0 Å². The monoisotopic (exact) mass is 282 g/mol. The number of hydrogen-bond acceptors (Lipinski definition) is 3. The van der Waals surface area contributed by atoms with E-state index in [-0.39, 0.29) is 24.3 Å². The number of likely N-dealkylation sites (tertiary alicyclic amines) is 1. The molecule has 1 unspecified atom stereocenters. The number of rotatable bonds is 4. The van der Waals surface area contributed by atoms with Crippen LogP contribution in [0.15, 0.2) is 0 Å². The van der Waals surface area contributed by atoms with Crippen molar-refractivity contribution in [1.29, 1.82) is 0 Å². The minimum atomic E-state index is -0.915. The van der Waals surface area contributed by atoms with Crippen molar-refractivity contribution < 1.29 is 14.7 Å². The van der Waals surface area contributed by atoms with Crippen molar-refractivity contribution in [3.63, 3.8) is 0 Å². The maximum absolute atomic E-state index is 12.1. The maximum atomic E-state index is 12.1. The number of carbonyl (C=O) groups is 2. The summed E-state index contributed by atoms with van der Waals surface area (Å²) in [6.45, 7) is 4.07. The third-order valence-electron chi connectivity index (χ3n) is 4.24. The molecule has 2 fully saturated rings. The lowest BCUT2D eigenvalue weighted by atomic mass is 9.94. The average Bonchev–Trinajstić information content (AvgIpc) is 2.78. The molecule has 5 nitrogen and oxygen atoms in total. The minimum Gasteiger partial charge on any atom is -0.389 e. The van der Waals surface area contributed by atoms with Crippen LogP contribution in [0.25, 0.3) is 0 Å². The van der Waals surface area contributed by atoms with Crippen LogP contribution in [0, 0.1) is 5.92 Å². The summed E-state index contributed by atoms with van der Waals surface area (Å²) in [6, 6.07) is 0.336. The quantitative estimate of drug-likeness (QED) is 0.810. The first kappa shape index (κ1) is 15.3. The standard InChI is InChI=1S/C15H26N2O3/c1-15(2,20)10-16-14(19)11-8-13(18)17(9-11)12-6-4-3-5-7-12/h11-12,20H,3-10H2,1-2H3,(H,16,19). The van der Waals surface area contributed by atoms with Crippen molar-refractivity contribution in [2.45, 2.75) is 64.0 Å². The summed E-state index contributed by atoms with van der Waals surface area (Å²) in [6.07, 6.45) is 6.09. The van der Waals surface area contributed by atoms with Gasteiger partial charge in [0.15, 0.2) is 0 Å². The van der Waals surface area contributed by atoms with E-state index in [2.05, 4.69) is 5.32 Å². The number of amides is 2. The fourth-order valence-corrected chi connectivity index (χ4v) is 3.10. The number of aliphatic hydroxyl groups is 1. The molecule has 0 bridgehead atoms. The molecule has 1 saturated heterocycles. The molecule has 1 heterocycles. The van der Waals surface area contributed by atoms with Crippen LogP contribution in [-0.2, 0) is 9.59 Å². The van der Waals surface area contributed by atoms with E-state index in [9.17, 15) is 14.7 Å². The van der Waals surface area contributed by atoms with Gasteiger partial charge in [0.05, 0.1) is 11.5 Å². The smallest absolute Gasteiger partial charge is 0.225 e. The first-order valence-electron chi connectivity index (χ1n) is 7.66. The van der Waals surface area contributed by atoms with Gasteiger partial charge in [0, 0.05) is 25.6 Å². The van der Waals surface area contributed by atoms with Gasteiger partial charge >= 0.3 is 0 Å². The predicted molar refractivity (Wildman–Crippen MR) is 76.0 cm³/mol. The van der Waals surface area contributed by atoms with Crippen molar-refractivity contribution in [2.24, 2.45) is 5.92 Å². The molecule has 1 aliphatic carbocycles. The van der Waals surface area contributed by atoms with Crippen molar-refractivity contribution in [2.75, 3.05) is 13.1 Å². The van der Waals surface area contributed by atoms with Gasteiger partial charge in [-0.1, -0.05) is 19.3 Å². The fraction of sp³-hybridized carbons (Fsp3) is 0.867. The summed E-state index contributed by atoms with van der Waals surface area (Å²) >= 11 is 0. The van der Waals surface area contributed by atoms with E-state index in [1.54, 1.807) is 13.8 Å². The van der Waals surface area contributed by atoms with Gasteiger partial charge in [-0.3, -0.25) is 9.59 Å². The molecule has 2 amide bonds. The van der Waals surface area contributed by atoms with Gasteiger partial charge in [-0.2, -0.15) is 0 Å². The van der Waals surface area contributed by atoms with E-state index in [4.69, 9.17) is 0 Å². The lowest BCUT2D eigenvalue weighted by Crippen LogP contribution is -2.42. The van der Waals surface area contributed by atoms with Crippen LogP contribution in [0.5, 0.6) is 0 Å². The highest BCUT2D eigenvalue weighted by molar-refractivity contribution is 5.89. The van der Waals surface area contributed by atoms with Gasteiger partial charge in [-0.25, -0.2) is 0 Å². The molecule has 0 aromatic heterocycles. The Bertz CT molecular complexity index is 370. The zero-order chi connectivity index (χ0) is 14.8. The topological polar surface area (TPSA) is 69.6 Å².